The maximum Gasteiger partial charge on any atom is 0.230 e. The fourth-order valence-electron chi connectivity index (χ4n) is 2.33. The van der Waals surface area contributed by atoms with Gasteiger partial charge in [-0.25, -0.2) is 0 Å². The Balaban J connectivity index is 2.14. The van der Waals surface area contributed by atoms with Gasteiger partial charge in [0.25, 0.3) is 0 Å². The molecule has 5 heteroatoms. The second kappa shape index (κ2) is 5.53. The first-order chi connectivity index (χ1) is 9.45. The van der Waals surface area contributed by atoms with Gasteiger partial charge in [0, 0.05) is 24.6 Å². The summed E-state index contributed by atoms with van der Waals surface area (Å²) in [5.41, 5.74) is 6.44. The number of hydrogen-bond donors (Lipinski definition) is 2. The molecule has 1 aliphatic rings. The average Bonchev–Trinajstić information content (AvgIpc) is 3.08. The maximum atomic E-state index is 12.6. The van der Waals surface area contributed by atoms with Crippen LogP contribution in [0.3, 0.4) is 0 Å². The van der Waals surface area contributed by atoms with Gasteiger partial charge in [-0.3, -0.25) is 4.79 Å². The van der Waals surface area contributed by atoms with Crippen molar-refractivity contribution in [1.82, 2.24) is 0 Å². The molecule has 1 aromatic rings. The monoisotopic (exact) mass is 275 g/mol. The molecule has 0 saturated heterocycles. The number of oxime groups is 1. The highest BCUT2D eigenvalue weighted by Crippen LogP contribution is 2.52. The van der Waals surface area contributed by atoms with Gasteiger partial charge >= 0.3 is 0 Å². The number of benzene rings is 1. The summed E-state index contributed by atoms with van der Waals surface area (Å²) in [6.07, 6.45) is 1.27. The van der Waals surface area contributed by atoms with Gasteiger partial charge in [0.05, 0.1) is 0 Å². The lowest BCUT2D eigenvalue weighted by molar-refractivity contribution is -0.120. The van der Waals surface area contributed by atoms with Crippen LogP contribution in [-0.2, 0) is 4.79 Å². The third-order valence-electron chi connectivity index (χ3n) is 3.87. The summed E-state index contributed by atoms with van der Waals surface area (Å²) in [5.74, 6) is 0.315. The molecule has 1 aliphatic carbocycles. The zero-order chi connectivity index (χ0) is 14.8. The van der Waals surface area contributed by atoms with Crippen LogP contribution in [0.2, 0.25) is 0 Å². The van der Waals surface area contributed by atoms with Crippen molar-refractivity contribution in [2.75, 3.05) is 11.4 Å². The minimum Gasteiger partial charge on any atom is -0.409 e. The first-order valence-corrected chi connectivity index (χ1v) is 6.78. The third-order valence-corrected chi connectivity index (χ3v) is 3.87. The molecule has 108 valence electrons. The summed E-state index contributed by atoms with van der Waals surface area (Å²) in [5, 5.41) is 11.6. The standard InChI is InChI=1S/C15H21N3O2/c1-15(2)10-12(15)14(19)18(9-8-13(16)17-20)11-6-4-3-5-7-11/h3-7,12,20H,8-10H2,1-2H3,(H2,16,17). The zero-order valence-corrected chi connectivity index (χ0v) is 11.9. The predicted molar refractivity (Wildman–Crippen MR) is 78.7 cm³/mol. The Morgan fingerprint density at radius 2 is 2.05 bits per heavy atom. The number of hydrogen-bond acceptors (Lipinski definition) is 3. The van der Waals surface area contributed by atoms with E-state index in [2.05, 4.69) is 19.0 Å². The highest BCUT2D eigenvalue weighted by Gasteiger charge is 2.52. The highest BCUT2D eigenvalue weighted by molar-refractivity contribution is 5.97. The van der Waals surface area contributed by atoms with Crippen LogP contribution in [0.5, 0.6) is 0 Å². The van der Waals surface area contributed by atoms with Crippen LogP contribution in [0.4, 0.5) is 5.69 Å². The minimum absolute atomic E-state index is 0.0648. The molecule has 1 fully saturated rings. The van der Waals surface area contributed by atoms with Gasteiger partial charge < -0.3 is 15.8 Å². The van der Waals surface area contributed by atoms with Crippen LogP contribution in [0.15, 0.2) is 35.5 Å². The molecule has 0 heterocycles. The van der Waals surface area contributed by atoms with Crippen molar-refractivity contribution in [2.24, 2.45) is 22.2 Å². The molecule has 20 heavy (non-hydrogen) atoms. The fourth-order valence-corrected chi connectivity index (χ4v) is 2.33. The third kappa shape index (κ3) is 3.10. The van der Waals surface area contributed by atoms with Gasteiger partial charge in [-0.15, -0.1) is 0 Å². The first kappa shape index (κ1) is 14.4. The van der Waals surface area contributed by atoms with E-state index in [4.69, 9.17) is 10.9 Å². The summed E-state index contributed by atoms with van der Waals surface area (Å²) in [7, 11) is 0. The number of anilines is 1. The van der Waals surface area contributed by atoms with E-state index in [1.807, 2.05) is 30.3 Å². The molecule has 1 amide bonds. The molecule has 1 unspecified atom stereocenters. The zero-order valence-electron chi connectivity index (χ0n) is 11.9. The molecule has 0 radical (unpaired) electrons. The van der Waals surface area contributed by atoms with Gasteiger partial charge in [-0.1, -0.05) is 37.2 Å². The maximum absolute atomic E-state index is 12.6. The number of nitrogens with two attached hydrogens (primary N) is 1. The van der Waals surface area contributed by atoms with E-state index in [9.17, 15) is 4.79 Å². The Kier molecular flexibility index (Phi) is 3.97. The molecule has 1 atom stereocenters. The van der Waals surface area contributed by atoms with Crippen LogP contribution in [-0.4, -0.2) is 23.5 Å². The van der Waals surface area contributed by atoms with Gasteiger partial charge in [0.1, 0.15) is 5.84 Å². The first-order valence-electron chi connectivity index (χ1n) is 6.78. The average molecular weight is 275 g/mol. The molecule has 3 N–H and O–H groups in total. The lowest BCUT2D eigenvalue weighted by Gasteiger charge is -2.23. The summed E-state index contributed by atoms with van der Waals surface area (Å²) < 4.78 is 0. The minimum atomic E-state index is 0.0648. The summed E-state index contributed by atoms with van der Waals surface area (Å²) >= 11 is 0. The van der Waals surface area contributed by atoms with E-state index in [1.165, 1.54) is 0 Å². The number of amides is 1. The van der Waals surface area contributed by atoms with E-state index in [0.29, 0.717) is 13.0 Å². The molecule has 0 spiro atoms. The molecule has 0 bridgehead atoms. The molecule has 2 rings (SSSR count). The lowest BCUT2D eigenvalue weighted by Crippen LogP contribution is -2.36. The molecule has 0 aliphatic heterocycles. The Labute approximate surface area is 119 Å². The number of carbonyl (C=O) groups is 1. The number of rotatable bonds is 5. The van der Waals surface area contributed by atoms with Gasteiger partial charge in [0.2, 0.25) is 5.91 Å². The van der Waals surface area contributed by atoms with Crippen molar-refractivity contribution >= 4 is 17.4 Å². The van der Waals surface area contributed by atoms with Crippen molar-refractivity contribution in [1.29, 1.82) is 0 Å². The Bertz CT molecular complexity index is 511. The number of nitrogens with zero attached hydrogens (tertiary/aromatic N) is 2. The van der Waals surface area contributed by atoms with E-state index < -0.39 is 0 Å². The predicted octanol–water partition coefficient (Wildman–Crippen LogP) is 2.20. The van der Waals surface area contributed by atoms with E-state index >= 15 is 0 Å². The van der Waals surface area contributed by atoms with E-state index in [1.54, 1.807) is 4.90 Å². The van der Waals surface area contributed by atoms with Crippen LogP contribution in [0, 0.1) is 11.3 Å². The summed E-state index contributed by atoms with van der Waals surface area (Å²) in [4.78, 5) is 14.3. The second-order valence-corrected chi connectivity index (χ2v) is 5.91. The fraction of sp³-hybridized carbons (Fsp3) is 0.467. The normalized spacial score (nSPS) is 20.5. The van der Waals surface area contributed by atoms with E-state index in [0.717, 1.165) is 12.1 Å². The van der Waals surface area contributed by atoms with Crippen molar-refractivity contribution in [3.05, 3.63) is 30.3 Å². The van der Waals surface area contributed by atoms with Gasteiger partial charge in [-0.05, 0) is 24.0 Å². The number of carbonyl (C=O) groups excluding carboxylic acids is 1. The Hall–Kier alpha value is -2.04. The van der Waals surface area contributed by atoms with Crippen LogP contribution >= 0.6 is 0 Å². The van der Waals surface area contributed by atoms with Crippen LogP contribution in [0.25, 0.3) is 0 Å². The van der Waals surface area contributed by atoms with Crippen molar-refractivity contribution in [3.8, 4) is 0 Å². The van der Waals surface area contributed by atoms with Crippen LogP contribution < -0.4 is 10.6 Å². The molecule has 0 aromatic heterocycles. The summed E-state index contributed by atoms with van der Waals surface area (Å²) in [6.45, 7) is 4.62. The van der Waals surface area contributed by atoms with Gasteiger partial charge in [-0.2, -0.15) is 0 Å². The van der Waals surface area contributed by atoms with Gasteiger partial charge in [0.15, 0.2) is 0 Å². The second-order valence-electron chi connectivity index (χ2n) is 5.91. The summed E-state index contributed by atoms with van der Waals surface area (Å²) in [6, 6.07) is 9.52. The molecule has 1 aromatic carbocycles. The SMILES string of the molecule is CC1(C)CC1C(=O)N(CC/C(N)=N/O)c1ccccc1. The number of para-hydroxylation sites is 1. The Morgan fingerprint density at radius 1 is 1.45 bits per heavy atom. The molecular weight excluding hydrogens is 254 g/mol. The Morgan fingerprint density at radius 3 is 2.55 bits per heavy atom. The lowest BCUT2D eigenvalue weighted by atomic mass is 10.1. The highest BCUT2D eigenvalue weighted by atomic mass is 16.4. The molecule has 5 nitrogen and oxygen atoms in total. The topological polar surface area (TPSA) is 78.9 Å². The smallest absolute Gasteiger partial charge is 0.230 e. The van der Waals surface area contributed by atoms with Crippen molar-refractivity contribution in [3.63, 3.8) is 0 Å². The molecular formula is C15H21N3O2. The largest absolute Gasteiger partial charge is 0.409 e. The quantitative estimate of drug-likeness (QED) is 0.374. The molecule has 1 saturated carbocycles. The van der Waals surface area contributed by atoms with Crippen molar-refractivity contribution in [2.45, 2.75) is 26.7 Å². The van der Waals surface area contributed by atoms with E-state index in [-0.39, 0.29) is 23.1 Å². The number of amidine groups is 1. The van der Waals surface area contributed by atoms with Crippen LogP contribution in [0.1, 0.15) is 26.7 Å². The van der Waals surface area contributed by atoms with Crippen molar-refractivity contribution < 1.29 is 10.0 Å².